The normalized spacial score (nSPS) is 10.9. The summed E-state index contributed by atoms with van der Waals surface area (Å²) in [7, 11) is 0. The van der Waals surface area contributed by atoms with Crippen LogP contribution in [0.3, 0.4) is 0 Å². The van der Waals surface area contributed by atoms with Gasteiger partial charge in [0.1, 0.15) is 6.34 Å². The highest BCUT2D eigenvalue weighted by Crippen LogP contribution is 2.32. The fraction of sp³-hybridized carbons (Fsp3) is 0.222. The fourth-order valence-corrected chi connectivity index (χ4v) is 1.45. The lowest BCUT2D eigenvalue weighted by Gasteiger charge is -2.02. The summed E-state index contributed by atoms with van der Waals surface area (Å²) in [5.41, 5.74) is 3.17. The Morgan fingerprint density at radius 3 is 2.60 bits per heavy atom. The summed E-state index contributed by atoms with van der Waals surface area (Å²) in [4.78, 5) is 9.45. The van der Waals surface area contributed by atoms with Crippen molar-refractivity contribution in [2.45, 2.75) is 11.8 Å². The number of halogens is 2. The summed E-state index contributed by atoms with van der Waals surface area (Å²) in [6, 6.07) is 3.33. The molecule has 0 aliphatic rings. The van der Waals surface area contributed by atoms with E-state index in [0.717, 1.165) is 0 Å². The van der Waals surface area contributed by atoms with E-state index in [2.05, 4.69) is 23.1 Å². The molecule has 0 bridgehead atoms. The second-order valence-electron chi connectivity index (χ2n) is 2.57. The van der Waals surface area contributed by atoms with Crippen LogP contribution in [0.4, 0.5) is 5.69 Å². The van der Waals surface area contributed by atoms with E-state index in [0.29, 0.717) is 27.2 Å². The van der Waals surface area contributed by atoms with Crippen molar-refractivity contribution in [3.8, 4) is 0 Å². The van der Waals surface area contributed by atoms with E-state index in [9.17, 15) is 0 Å². The molecule has 0 saturated carbocycles. The smallest absolute Gasteiger partial charge is 0.113 e. The van der Waals surface area contributed by atoms with Crippen molar-refractivity contribution in [3.63, 3.8) is 0 Å². The van der Waals surface area contributed by atoms with Gasteiger partial charge in [0.25, 0.3) is 0 Å². The Balaban J connectivity index is 2.74. The summed E-state index contributed by atoms with van der Waals surface area (Å²) in [6.07, 6.45) is 1.42. The van der Waals surface area contributed by atoms with Crippen molar-refractivity contribution in [2.24, 2.45) is 4.99 Å². The van der Waals surface area contributed by atoms with Gasteiger partial charge in [-0.15, -0.1) is 12.6 Å². The number of rotatable bonds is 4. The highest BCUT2D eigenvalue weighted by atomic mass is 35.5. The van der Waals surface area contributed by atoms with E-state index in [-0.39, 0.29) is 0 Å². The zero-order valence-corrected chi connectivity index (χ0v) is 10.4. The molecule has 1 aromatic rings. The molecule has 0 saturated heterocycles. The van der Waals surface area contributed by atoms with Crippen molar-refractivity contribution in [3.05, 3.63) is 22.2 Å². The van der Waals surface area contributed by atoms with Crippen LogP contribution in [0.25, 0.3) is 0 Å². The summed E-state index contributed by atoms with van der Waals surface area (Å²) in [5, 5.41) is 0.934. The molecule has 6 heteroatoms. The SMILES string of the molecule is CCONC=Nc1cc(Cl)c(S)c(Cl)c1. The second kappa shape index (κ2) is 6.23. The van der Waals surface area contributed by atoms with Crippen LogP contribution in [-0.2, 0) is 4.84 Å². The van der Waals surface area contributed by atoms with Gasteiger partial charge >= 0.3 is 0 Å². The van der Waals surface area contributed by atoms with E-state index < -0.39 is 0 Å². The molecule has 0 fully saturated rings. The van der Waals surface area contributed by atoms with Crippen LogP contribution in [0.5, 0.6) is 0 Å². The number of nitrogens with zero attached hydrogens (tertiary/aromatic N) is 1. The minimum atomic E-state index is 0.467. The molecule has 0 aliphatic heterocycles. The third-order valence-corrected chi connectivity index (χ3v) is 2.84. The van der Waals surface area contributed by atoms with Crippen molar-refractivity contribution in [1.82, 2.24) is 5.48 Å². The molecule has 15 heavy (non-hydrogen) atoms. The predicted octanol–water partition coefficient (Wildman–Crippen LogP) is 3.48. The lowest BCUT2D eigenvalue weighted by atomic mass is 10.3. The van der Waals surface area contributed by atoms with Crippen LogP contribution in [0.15, 0.2) is 22.0 Å². The Hall–Kier alpha value is -0.420. The zero-order valence-electron chi connectivity index (χ0n) is 8.00. The molecule has 0 radical (unpaired) electrons. The lowest BCUT2D eigenvalue weighted by molar-refractivity contribution is 0.100. The Kier molecular flexibility index (Phi) is 5.25. The molecule has 0 aliphatic carbocycles. The number of hydroxylamine groups is 1. The summed E-state index contributed by atoms with van der Waals surface area (Å²) < 4.78 is 0. The van der Waals surface area contributed by atoms with E-state index in [1.807, 2.05) is 6.92 Å². The number of nitrogens with one attached hydrogen (secondary N) is 1. The first-order valence-electron chi connectivity index (χ1n) is 4.23. The van der Waals surface area contributed by atoms with Crippen LogP contribution in [0.1, 0.15) is 6.92 Å². The third-order valence-electron chi connectivity index (χ3n) is 1.50. The van der Waals surface area contributed by atoms with Crippen LogP contribution in [0, 0.1) is 0 Å². The van der Waals surface area contributed by atoms with Gasteiger partial charge in [-0.3, -0.25) is 10.3 Å². The fourth-order valence-electron chi connectivity index (χ4n) is 0.848. The highest BCUT2D eigenvalue weighted by Gasteiger charge is 2.03. The van der Waals surface area contributed by atoms with Crippen LogP contribution in [0.2, 0.25) is 10.0 Å². The van der Waals surface area contributed by atoms with Crippen molar-refractivity contribution < 1.29 is 4.84 Å². The molecule has 82 valence electrons. The quantitative estimate of drug-likeness (QED) is 0.287. The zero-order chi connectivity index (χ0) is 11.3. The molecular weight excluding hydrogens is 255 g/mol. The van der Waals surface area contributed by atoms with Crippen molar-refractivity contribution in [1.29, 1.82) is 0 Å². The number of thiol groups is 1. The molecule has 1 aromatic carbocycles. The maximum atomic E-state index is 5.87. The molecule has 0 amide bonds. The van der Waals surface area contributed by atoms with Gasteiger partial charge < -0.3 is 0 Å². The van der Waals surface area contributed by atoms with Gasteiger partial charge in [0, 0.05) is 4.90 Å². The number of aliphatic imine (C=N–C) groups is 1. The largest absolute Gasteiger partial charge is 0.276 e. The van der Waals surface area contributed by atoms with Gasteiger partial charge in [0.2, 0.25) is 0 Å². The first kappa shape index (κ1) is 12.6. The Morgan fingerprint density at radius 2 is 2.07 bits per heavy atom. The highest BCUT2D eigenvalue weighted by molar-refractivity contribution is 7.80. The molecule has 1 rings (SSSR count). The maximum absolute atomic E-state index is 5.87. The molecule has 0 atom stereocenters. The Bertz CT molecular complexity index is 348. The van der Waals surface area contributed by atoms with E-state index in [1.165, 1.54) is 6.34 Å². The molecule has 3 nitrogen and oxygen atoms in total. The van der Waals surface area contributed by atoms with Crippen LogP contribution >= 0.6 is 35.8 Å². The first-order valence-corrected chi connectivity index (χ1v) is 5.43. The first-order chi connectivity index (χ1) is 7.15. The topological polar surface area (TPSA) is 33.6 Å². The molecule has 0 heterocycles. The molecule has 0 unspecified atom stereocenters. The molecule has 0 spiro atoms. The summed E-state index contributed by atoms with van der Waals surface area (Å²) >= 11 is 15.9. The van der Waals surface area contributed by atoms with E-state index in [4.69, 9.17) is 28.0 Å². The van der Waals surface area contributed by atoms with Gasteiger partial charge in [-0.25, -0.2) is 4.99 Å². The average Bonchev–Trinajstić information content (AvgIpc) is 2.21. The predicted molar refractivity (Wildman–Crippen MR) is 66.6 cm³/mol. The van der Waals surface area contributed by atoms with E-state index >= 15 is 0 Å². The molecule has 0 aromatic heterocycles. The second-order valence-corrected chi connectivity index (χ2v) is 3.83. The maximum Gasteiger partial charge on any atom is 0.113 e. The van der Waals surface area contributed by atoms with Gasteiger partial charge in [0.05, 0.1) is 22.3 Å². The third kappa shape index (κ3) is 3.91. The minimum absolute atomic E-state index is 0.467. The average molecular weight is 265 g/mol. The van der Waals surface area contributed by atoms with Crippen LogP contribution < -0.4 is 5.48 Å². The number of hydrogen-bond donors (Lipinski definition) is 2. The molecular formula is C9H10Cl2N2OS. The monoisotopic (exact) mass is 264 g/mol. The van der Waals surface area contributed by atoms with E-state index in [1.54, 1.807) is 12.1 Å². The van der Waals surface area contributed by atoms with Gasteiger partial charge in [0.15, 0.2) is 0 Å². The molecule has 1 N–H and O–H groups in total. The summed E-state index contributed by atoms with van der Waals surface area (Å²) in [5.74, 6) is 0. The van der Waals surface area contributed by atoms with Crippen molar-refractivity contribution in [2.75, 3.05) is 6.61 Å². The van der Waals surface area contributed by atoms with Crippen molar-refractivity contribution >= 4 is 47.9 Å². The Labute approximate surface area is 104 Å². The van der Waals surface area contributed by atoms with Gasteiger partial charge in [-0.05, 0) is 19.1 Å². The lowest BCUT2D eigenvalue weighted by Crippen LogP contribution is -2.10. The van der Waals surface area contributed by atoms with Crippen LogP contribution in [-0.4, -0.2) is 12.9 Å². The summed E-state index contributed by atoms with van der Waals surface area (Å²) in [6.45, 7) is 2.42. The number of benzene rings is 1. The van der Waals surface area contributed by atoms with Gasteiger partial charge in [-0.1, -0.05) is 23.2 Å². The minimum Gasteiger partial charge on any atom is -0.276 e. The number of hydrogen-bond acceptors (Lipinski definition) is 3. The Morgan fingerprint density at radius 1 is 1.47 bits per heavy atom. The van der Waals surface area contributed by atoms with Gasteiger partial charge in [-0.2, -0.15) is 0 Å². The standard InChI is InChI=1S/C9H10Cl2N2OS/c1-2-14-13-5-12-6-3-7(10)9(15)8(11)4-6/h3-5,15H,2H2,1H3,(H,12,13).